The summed E-state index contributed by atoms with van der Waals surface area (Å²) in [6.45, 7) is 4.42. The van der Waals surface area contributed by atoms with Gasteiger partial charge in [-0.1, -0.05) is 28.9 Å². The maximum atomic E-state index is 12.2. The highest BCUT2D eigenvalue weighted by Gasteiger charge is 2.10. The molecule has 122 valence electrons. The fourth-order valence-electron chi connectivity index (χ4n) is 2.41. The molecular formula is C18H17N3O3. The standard InChI is InChI=1S/C18H17N3O3/c1-12-3-4-13(2)15(9-12)11-21-10-14(5-6-17(21)22)18(23)19-16-7-8-24-20-16/h3-10H,11H2,1-2H3,(H,19,20,23). The molecule has 0 unspecified atom stereocenters. The highest BCUT2D eigenvalue weighted by atomic mass is 16.5. The first kappa shape index (κ1) is 15.7. The van der Waals surface area contributed by atoms with Gasteiger partial charge in [0.05, 0.1) is 12.1 Å². The monoisotopic (exact) mass is 323 g/mol. The molecule has 0 saturated carbocycles. The van der Waals surface area contributed by atoms with E-state index in [2.05, 4.69) is 15.0 Å². The summed E-state index contributed by atoms with van der Waals surface area (Å²) in [4.78, 5) is 24.4. The number of nitrogens with one attached hydrogen (secondary N) is 1. The number of carbonyl (C=O) groups excluding carboxylic acids is 1. The molecule has 6 nitrogen and oxygen atoms in total. The van der Waals surface area contributed by atoms with Crippen LogP contribution in [0.5, 0.6) is 0 Å². The van der Waals surface area contributed by atoms with E-state index in [0.717, 1.165) is 16.7 Å². The van der Waals surface area contributed by atoms with Crippen molar-refractivity contribution in [1.82, 2.24) is 9.72 Å². The van der Waals surface area contributed by atoms with Gasteiger partial charge >= 0.3 is 0 Å². The zero-order valence-electron chi connectivity index (χ0n) is 13.4. The lowest BCUT2D eigenvalue weighted by molar-refractivity contribution is 0.102. The lowest BCUT2D eigenvalue weighted by Gasteiger charge is -2.11. The SMILES string of the molecule is Cc1ccc(C)c(Cn2cc(C(=O)Nc3ccon3)ccc2=O)c1. The molecule has 2 heterocycles. The number of aryl methyl sites for hydroxylation is 2. The van der Waals surface area contributed by atoms with Crippen LogP contribution in [0.15, 0.2) is 58.2 Å². The maximum absolute atomic E-state index is 12.2. The van der Waals surface area contributed by atoms with Crippen LogP contribution in [0.2, 0.25) is 0 Å². The fourth-order valence-corrected chi connectivity index (χ4v) is 2.41. The Labute approximate surface area is 138 Å². The van der Waals surface area contributed by atoms with E-state index in [9.17, 15) is 9.59 Å². The lowest BCUT2D eigenvalue weighted by Crippen LogP contribution is -2.23. The predicted molar refractivity (Wildman–Crippen MR) is 90.2 cm³/mol. The van der Waals surface area contributed by atoms with Crippen LogP contribution in [0.4, 0.5) is 5.82 Å². The van der Waals surface area contributed by atoms with Crippen molar-refractivity contribution in [2.75, 3.05) is 5.32 Å². The van der Waals surface area contributed by atoms with Crippen molar-refractivity contribution in [3.05, 3.63) is 81.5 Å². The molecule has 3 aromatic rings. The van der Waals surface area contributed by atoms with Crippen molar-refractivity contribution in [3.63, 3.8) is 0 Å². The minimum absolute atomic E-state index is 0.158. The van der Waals surface area contributed by atoms with E-state index < -0.39 is 0 Å². The lowest BCUT2D eigenvalue weighted by atomic mass is 10.1. The van der Waals surface area contributed by atoms with Crippen molar-refractivity contribution in [2.45, 2.75) is 20.4 Å². The molecule has 0 atom stereocenters. The molecule has 0 aliphatic carbocycles. The molecular weight excluding hydrogens is 306 g/mol. The normalized spacial score (nSPS) is 10.6. The first-order valence-electron chi connectivity index (χ1n) is 7.51. The first-order valence-corrected chi connectivity index (χ1v) is 7.51. The minimum Gasteiger partial charge on any atom is -0.363 e. The van der Waals surface area contributed by atoms with Crippen LogP contribution in [0.25, 0.3) is 0 Å². The van der Waals surface area contributed by atoms with Gasteiger partial charge in [0.1, 0.15) is 6.26 Å². The molecule has 0 aliphatic rings. The Morgan fingerprint density at radius 3 is 2.79 bits per heavy atom. The number of carbonyl (C=O) groups is 1. The van der Waals surface area contributed by atoms with Crippen molar-refractivity contribution in [3.8, 4) is 0 Å². The van der Waals surface area contributed by atoms with Crippen molar-refractivity contribution < 1.29 is 9.32 Å². The Balaban J connectivity index is 1.87. The molecule has 6 heteroatoms. The van der Waals surface area contributed by atoms with Crippen LogP contribution >= 0.6 is 0 Å². The molecule has 1 N–H and O–H groups in total. The summed E-state index contributed by atoms with van der Waals surface area (Å²) in [6.07, 6.45) is 2.93. The van der Waals surface area contributed by atoms with Gasteiger partial charge in [0.15, 0.2) is 5.82 Å². The summed E-state index contributed by atoms with van der Waals surface area (Å²) in [7, 11) is 0. The zero-order chi connectivity index (χ0) is 17.1. The van der Waals surface area contributed by atoms with E-state index in [-0.39, 0.29) is 11.5 Å². The van der Waals surface area contributed by atoms with Crippen LogP contribution in [-0.2, 0) is 6.54 Å². The number of hydrogen-bond donors (Lipinski definition) is 1. The Kier molecular flexibility index (Phi) is 4.29. The van der Waals surface area contributed by atoms with E-state index in [1.54, 1.807) is 12.3 Å². The number of aromatic nitrogens is 2. The molecule has 0 fully saturated rings. The minimum atomic E-state index is -0.349. The van der Waals surface area contributed by atoms with E-state index in [4.69, 9.17) is 0 Å². The number of nitrogens with zero attached hydrogens (tertiary/aromatic N) is 2. The predicted octanol–water partition coefficient (Wildman–Crippen LogP) is 2.75. The third-order valence-electron chi connectivity index (χ3n) is 3.77. The number of hydrogen-bond acceptors (Lipinski definition) is 4. The Hall–Kier alpha value is -3.15. The second kappa shape index (κ2) is 6.54. The number of benzene rings is 1. The summed E-state index contributed by atoms with van der Waals surface area (Å²) >= 11 is 0. The van der Waals surface area contributed by atoms with Crippen LogP contribution < -0.4 is 10.9 Å². The Bertz CT molecular complexity index is 927. The third kappa shape index (κ3) is 3.43. The van der Waals surface area contributed by atoms with Gasteiger partial charge in [-0.25, -0.2) is 0 Å². The second-order valence-electron chi connectivity index (χ2n) is 5.65. The van der Waals surface area contributed by atoms with Gasteiger partial charge in [0.25, 0.3) is 11.5 Å². The summed E-state index contributed by atoms with van der Waals surface area (Å²) in [6, 6.07) is 10.5. The highest BCUT2D eigenvalue weighted by Crippen LogP contribution is 2.12. The first-order chi connectivity index (χ1) is 11.5. The largest absolute Gasteiger partial charge is 0.363 e. The Morgan fingerprint density at radius 2 is 2.04 bits per heavy atom. The van der Waals surface area contributed by atoms with Crippen molar-refractivity contribution >= 4 is 11.7 Å². The van der Waals surface area contributed by atoms with Gasteiger partial charge in [-0.3, -0.25) is 9.59 Å². The van der Waals surface area contributed by atoms with E-state index in [1.807, 2.05) is 32.0 Å². The average molecular weight is 323 g/mol. The molecule has 1 amide bonds. The van der Waals surface area contributed by atoms with E-state index in [1.165, 1.54) is 23.0 Å². The van der Waals surface area contributed by atoms with Crippen molar-refractivity contribution in [1.29, 1.82) is 0 Å². The second-order valence-corrected chi connectivity index (χ2v) is 5.65. The third-order valence-corrected chi connectivity index (χ3v) is 3.77. The van der Waals surface area contributed by atoms with Gasteiger partial charge in [-0.2, -0.15) is 0 Å². The van der Waals surface area contributed by atoms with Gasteiger partial charge < -0.3 is 14.4 Å². The molecule has 3 rings (SSSR count). The summed E-state index contributed by atoms with van der Waals surface area (Å²) in [5, 5.41) is 6.25. The zero-order valence-corrected chi connectivity index (χ0v) is 13.4. The van der Waals surface area contributed by atoms with Crippen molar-refractivity contribution in [2.24, 2.45) is 0 Å². The molecule has 0 saturated heterocycles. The van der Waals surface area contributed by atoms with Gasteiger partial charge in [0.2, 0.25) is 0 Å². The smallest absolute Gasteiger partial charge is 0.258 e. The van der Waals surface area contributed by atoms with E-state index >= 15 is 0 Å². The highest BCUT2D eigenvalue weighted by molar-refractivity contribution is 6.03. The summed E-state index contributed by atoms with van der Waals surface area (Å²) < 4.78 is 6.20. The number of amides is 1. The molecule has 0 bridgehead atoms. The van der Waals surface area contributed by atoms with Gasteiger partial charge in [0, 0.05) is 18.3 Å². The maximum Gasteiger partial charge on any atom is 0.258 e. The Morgan fingerprint density at radius 1 is 1.21 bits per heavy atom. The van der Waals surface area contributed by atoms with Crippen LogP contribution in [0.1, 0.15) is 27.0 Å². The summed E-state index contributed by atoms with van der Waals surface area (Å²) in [5.74, 6) is -0.0223. The van der Waals surface area contributed by atoms with Gasteiger partial charge in [-0.05, 0) is 31.0 Å². The molecule has 0 aliphatic heterocycles. The molecule has 24 heavy (non-hydrogen) atoms. The molecule has 2 aromatic heterocycles. The molecule has 0 radical (unpaired) electrons. The summed E-state index contributed by atoms with van der Waals surface area (Å²) in [5.41, 5.74) is 3.50. The van der Waals surface area contributed by atoms with Gasteiger partial charge in [-0.15, -0.1) is 0 Å². The topological polar surface area (TPSA) is 77.1 Å². The fraction of sp³-hybridized carbons (Fsp3) is 0.167. The van der Waals surface area contributed by atoms with Crippen LogP contribution in [-0.4, -0.2) is 15.6 Å². The van der Waals surface area contributed by atoms with Crippen LogP contribution in [0, 0.1) is 13.8 Å². The molecule has 1 aromatic carbocycles. The molecule has 0 spiro atoms. The number of pyridine rings is 1. The van der Waals surface area contributed by atoms with E-state index in [0.29, 0.717) is 17.9 Å². The number of anilines is 1. The number of rotatable bonds is 4. The quantitative estimate of drug-likeness (QED) is 0.801. The average Bonchev–Trinajstić information content (AvgIpc) is 3.06. The van der Waals surface area contributed by atoms with Crippen LogP contribution in [0.3, 0.4) is 0 Å².